The Hall–Kier alpha value is -1.86. The van der Waals surface area contributed by atoms with Crippen LogP contribution in [0.5, 0.6) is 0 Å². The average Bonchev–Trinajstić information content (AvgIpc) is 3.69. The van der Waals surface area contributed by atoms with Crippen LogP contribution >= 0.6 is 0 Å². The Bertz CT molecular complexity index is 1060. The molecule has 272 valence electrons. The highest BCUT2D eigenvalue weighted by Crippen LogP contribution is 2.40. The average molecular weight is 680 g/mol. The van der Waals surface area contributed by atoms with E-state index in [0.717, 1.165) is 0 Å². The summed E-state index contributed by atoms with van der Waals surface area (Å²) in [5, 5.41) is 69.4. The maximum Gasteiger partial charge on any atom is 0.254 e. The topological polar surface area (TPSA) is 368 Å². The molecule has 4 rings (SSSR count). The summed E-state index contributed by atoms with van der Waals surface area (Å²) >= 11 is 0. The molecule has 2 heterocycles. The van der Waals surface area contributed by atoms with E-state index in [0.29, 0.717) is 25.8 Å². The van der Waals surface area contributed by atoms with E-state index >= 15 is 0 Å². The Morgan fingerprint density at radius 1 is 1.00 bits per heavy atom. The molecule has 16 atom stereocenters. The lowest BCUT2D eigenvalue weighted by molar-refractivity contribution is -0.314. The third kappa shape index (κ3) is 8.84. The molecular weight excluding hydrogens is 626 g/mol. The number of carbonyl (C=O) groups excluding carboxylic acids is 1. The summed E-state index contributed by atoms with van der Waals surface area (Å²) in [4.78, 5) is 17.1. The maximum atomic E-state index is 13.2. The Labute approximate surface area is 272 Å². The van der Waals surface area contributed by atoms with Crippen LogP contribution in [0, 0.1) is 0 Å². The van der Waals surface area contributed by atoms with Crippen molar-refractivity contribution in [2.24, 2.45) is 39.4 Å². The van der Waals surface area contributed by atoms with Gasteiger partial charge in [-0.1, -0.05) is 0 Å². The molecule has 0 spiro atoms. The Balaban J connectivity index is 1.56. The van der Waals surface area contributed by atoms with E-state index in [1.165, 1.54) is 0 Å². The number of nitrogens with two attached hydrogens (primary N) is 6. The molecular formula is C27H53N9O11. The number of rotatable bonds is 14. The molecule has 20 nitrogen and oxygen atoms in total. The van der Waals surface area contributed by atoms with Crippen molar-refractivity contribution in [1.82, 2.24) is 10.6 Å². The molecule has 0 aromatic carbocycles. The summed E-state index contributed by atoms with van der Waals surface area (Å²) in [6.07, 6.45) is -10.5. The van der Waals surface area contributed by atoms with Crippen molar-refractivity contribution in [1.29, 1.82) is 0 Å². The molecule has 2 aliphatic heterocycles. The van der Waals surface area contributed by atoms with Crippen molar-refractivity contribution >= 4 is 11.9 Å². The number of nitrogens with one attached hydrogen (secondary N) is 2. The number of aliphatic hydroxyl groups excluding tert-OH is 5. The third-order valence-electron chi connectivity index (χ3n) is 9.28. The van der Waals surface area contributed by atoms with E-state index in [1.807, 2.05) is 0 Å². The van der Waals surface area contributed by atoms with Crippen molar-refractivity contribution in [3.8, 4) is 0 Å². The smallest absolute Gasteiger partial charge is 0.254 e. The number of amides is 1. The quantitative estimate of drug-likeness (QED) is 0.0598. The summed E-state index contributed by atoms with van der Waals surface area (Å²) in [6.45, 7) is 0.0625. The molecule has 2 aliphatic carbocycles. The van der Waals surface area contributed by atoms with Crippen molar-refractivity contribution in [3.05, 3.63) is 0 Å². The summed E-state index contributed by atoms with van der Waals surface area (Å²) in [7, 11) is 0. The van der Waals surface area contributed by atoms with Gasteiger partial charge < -0.3 is 94.6 Å². The van der Waals surface area contributed by atoms with Crippen LogP contribution in [0.3, 0.4) is 0 Å². The first-order valence-corrected chi connectivity index (χ1v) is 16.0. The summed E-state index contributed by atoms with van der Waals surface area (Å²) in [5.41, 5.74) is 32.8. The zero-order valence-electron chi connectivity index (χ0n) is 26.2. The van der Waals surface area contributed by atoms with Crippen LogP contribution in [-0.2, 0) is 23.7 Å². The molecule has 4 aliphatic rings. The number of hydrogen-bond donors (Lipinski definition) is 14. The Kier molecular flexibility index (Phi) is 13.1. The summed E-state index contributed by atoms with van der Waals surface area (Å²) in [6, 6.07) is -4.59. The van der Waals surface area contributed by atoms with E-state index in [9.17, 15) is 35.4 Å². The molecule has 2 saturated carbocycles. The van der Waals surface area contributed by atoms with Crippen LogP contribution in [0.4, 0.5) is 0 Å². The molecule has 20 heteroatoms. The van der Waals surface area contributed by atoms with Gasteiger partial charge in [-0.15, -0.1) is 0 Å². The second kappa shape index (κ2) is 16.2. The molecule has 1 amide bonds. The first-order valence-electron chi connectivity index (χ1n) is 16.0. The van der Waals surface area contributed by atoms with E-state index in [1.54, 1.807) is 0 Å². The zero-order chi connectivity index (χ0) is 34.6. The van der Waals surface area contributed by atoms with Gasteiger partial charge in [0.05, 0.1) is 43.0 Å². The fourth-order valence-electron chi connectivity index (χ4n) is 6.32. The van der Waals surface area contributed by atoms with Gasteiger partial charge in [0.2, 0.25) is 0 Å². The van der Waals surface area contributed by atoms with Gasteiger partial charge in [-0.25, -0.2) is 4.99 Å². The SMILES string of the molecule is NCCC(O)CN[C@@H]1CC[C@@H](CN)O[C@@H]1OC1[C@@H](N)C[C@@H](NC(=O)C2(O)CC2N=C(N)N)[C@H](O[C@H]2O[C@H](CO)[C@@H](O)[C@H](N)[C@H]2O)[C@H]1O. The van der Waals surface area contributed by atoms with Crippen molar-refractivity contribution in [3.63, 3.8) is 0 Å². The normalized spacial score (nSPS) is 44.4. The molecule has 0 aromatic heterocycles. The van der Waals surface area contributed by atoms with Gasteiger partial charge in [0.15, 0.2) is 24.1 Å². The molecule has 0 radical (unpaired) electrons. The Morgan fingerprint density at radius 2 is 1.70 bits per heavy atom. The predicted octanol–water partition coefficient (Wildman–Crippen LogP) is -7.99. The molecule has 0 aromatic rings. The molecule has 4 unspecified atom stereocenters. The number of guanidine groups is 1. The van der Waals surface area contributed by atoms with Crippen molar-refractivity contribution in [2.75, 3.05) is 26.2 Å². The van der Waals surface area contributed by atoms with Crippen LogP contribution < -0.4 is 45.0 Å². The van der Waals surface area contributed by atoms with Crippen LogP contribution in [0.2, 0.25) is 0 Å². The van der Waals surface area contributed by atoms with Crippen LogP contribution in [-0.4, -0.2) is 166 Å². The standard InChI is InChI=1S/C27H53N9O11/c28-4-3-10(38)8-34-13-2-1-11(7-29)44-23(13)46-21-12(30)5-14(35-25(42)27(43)6-16(27)36-26(32)33)22(20(21)41)47-24-19(40)17(31)18(39)15(9-37)45-24/h10-24,34,37-41,43H,1-9,28-31H2,(H,35,42)(H4,32,33,36)/t10?,11-,12-,13+,14+,15+,16?,17-,18+,19+,20-,21?,22-,23+,24+,27?/m0/s1. The fourth-order valence-corrected chi connectivity index (χ4v) is 6.32. The van der Waals surface area contributed by atoms with Crippen LogP contribution in [0.15, 0.2) is 4.99 Å². The first-order chi connectivity index (χ1) is 22.2. The molecule has 2 saturated heterocycles. The van der Waals surface area contributed by atoms with Gasteiger partial charge in [-0.05, 0) is 32.2 Å². The van der Waals surface area contributed by atoms with E-state index in [-0.39, 0.29) is 38.0 Å². The highest BCUT2D eigenvalue weighted by Gasteiger charge is 2.61. The Morgan fingerprint density at radius 3 is 2.34 bits per heavy atom. The monoisotopic (exact) mass is 679 g/mol. The van der Waals surface area contributed by atoms with Gasteiger partial charge in [0, 0.05) is 25.6 Å². The molecule has 0 bridgehead atoms. The lowest BCUT2D eigenvalue weighted by Crippen LogP contribution is -2.69. The fraction of sp³-hybridized carbons (Fsp3) is 0.926. The highest BCUT2D eigenvalue weighted by molar-refractivity contribution is 5.90. The van der Waals surface area contributed by atoms with Gasteiger partial charge in [-0.2, -0.15) is 0 Å². The number of aliphatic hydroxyl groups is 6. The molecule has 4 fully saturated rings. The molecule has 20 N–H and O–H groups in total. The highest BCUT2D eigenvalue weighted by atomic mass is 16.7. The van der Waals surface area contributed by atoms with E-state index in [4.69, 9.17) is 53.3 Å². The largest absolute Gasteiger partial charge is 0.394 e. The minimum atomic E-state index is -1.92. The van der Waals surface area contributed by atoms with Gasteiger partial charge in [0.1, 0.15) is 36.6 Å². The number of aliphatic imine (C=N–C) groups is 1. The van der Waals surface area contributed by atoms with Gasteiger partial charge in [-0.3, -0.25) is 4.79 Å². The number of nitrogens with zero attached hydrogens (tertiary/aromatic N) is 1. The van der Waals surface area contributed by atoms with Crippen molar-refractivity contribution < 1.29 is 54.4 Å². The van der Waals surface area contributed by atoms with Crippen LogP contribution in [0.25, 0.3) is 0 Å². The van der Waals surface area contributed by atoms with Gasteiger partial charge >= 0.3 is 0 Å². The van der Waals surface area contributed by atoms with Crippen molar-refractivity contribution in [2.45, 2.75) is 129 Å². The van der Waals surface area contributed by atoms with E-state index < -0.39 is 104 Å². The minimum Gasteiger partial charge on any atom is -0.394 e. The molecule has 47 heavy (non-hydrogen) atoms. The van der Waals surface area contributed by atoms with Gasteiger partial charge in [0.25, 0.3) is 5.91 Å². The van der Waals surface area contributed by atoms with E-state index in [2.05, 4.69) is 15.6 Å². The second-order valence-corrected chi connectivity index (χ2v) is 12.8. The number of hydrogen-bond acceptors (Lipinski definition) is 17. The summed E-state index contributed by atoms with van der Waals surface area (Å²) < 4.78 is 24.0. The van der Waals surface area contributed by atoms with Crippen LogP contribution in [0.1, 0.15) is 32.1 Å². The predicted molar refractivity (Wildman–Crippen MR) is 164 cm³/mol. The second-order valence-electron chi connectivity index (χ2n) is 12.8. The minimum absolute atomic E-state index is 0.0531. The third-order valence-corrected chi connectivity index (χ3v) is 9.28. The zero-order valence-corrected chi connectivity index (χ0v) is 26.2. The number of carbonyl (C=O) groups is 1. The lowest BCUT2D eigenvalue weighted by Gasteiger charge is -2.48. The summed E-state index contributed by atoms with van der Waals surface area (Å²) in [5.74, 6) is -1.16. The number of ether oxygens (including phenoxy) is 4. The first kappa shape index (κ1) is 38.0. The maximum absolute atomic E-state index is 13.2. The lowest BCUT2D eigenvalue weighted by atomic mass is 9.83.